The monoisotopic (exact) mass is 376 g/mol. The van der Waals surface area contributed by atoms with E-state index in [0.29, 0.717) is 31.3 Å². The first kappa shape index (κ1) is 17.3. The molecule has 0 radical (unpaired) electrons. The maximum absolute atomic E-state index is 13.6. The van der Waals surface area contributed by atoms with E-state index in [1.165, 1.54) is 0 Å². The van der Waals surface area contributed by atoms with Crippen LogP contribution < -0.4 is 0 Å². The molecule has 6 rings (SSSR count). The Morgan fingerprint density at radius 3 is 2.69 bits per heavy atom. The molecule has 0 aromatic carbocycles. The smallest absolute Gasteiger partial charge is 0.299 e. The Hall–Kier alpha value is -0.780. The van der Waals surface area contributed by atoms with E-state index in [-0.39, 0.29) is 22.7 Å². The molecule has 0 aromatic heterocycles. The molecule has 26 heavy (non-hydrogen) atoms. The summed E-state index contributed by atoms with van der Waals surface area (Å²) < 4.78 is 23.4. The average Bonchev–Trinajstić information content (AvgIpc) is 2.63. The first-order valence-electron chi connectivity index (χ1n) is 9.94. The number of Topliss-reactive ketones (excluding diaryl/α,β-unsaturated/α-hetero) is 1. The second-order valence-corrected chi connectivity index (χ2v) is 10.5. The summed E-state index contributed by atoms with van der Waals surface area (Å²) in [6, 6.07) is 0. The second kappa shape index (κ2) is 5.39. The van der Waals surface area contributed by atoms with E-state index in [9.17, 15) is 9.00 Å². The van der Waals surface area contributed by atoms with Gasteiger partial charge in [-0.2, -0.15) is 4.21 Å². The molecular formula is C21H28O4S. The Kier molecular flexibility index (Phi) is 3.59. The Balaban J connectivity index is 1.68. The molecule has 0 aromatic rings. The number of rotatable bonds is 0. The first-order valence-corrected chi connectivity index (χ1v) is 10.9. The minimum Gasteiger partial charge on any atom is -0.299 e. The fourth-order valence-electron chi connectivity index (χ4n) is 7.54. The Morgan fingerprint density at radius 2 is 1.88 bits per heavy atom. The van der Waals surface area contributed by atoms with E-state index in [1.807, 2.05) is 0 Å². The molecule has 0 amide bonds. The molecule has 1 spiro atoms. The van der Waals surface area contributed by atoms with E-state index >= 15 is 0 Å². The third-order valence-corrected chi connectivity index (χ3v) is 9.46. The molecule has 0 N–H and O–H groups in total. The largest absolute Gasteiger partial charge is 0.304 e. The van der Waals surface area contributed by atoms with Gasteiger partial charge in [0.2, 0.25) is 0 Å². The average molecular weight is 377 g/mol. The molecule has 1 saturated heterocycles. The summed E-state index contributed by atoms with van der Waals surface area (Å²) in [5.41, 5.74) is 1.44. The topological polar surface area (TPSA) is 52.6 Å². The second-order valence-electron chi connectivity index (χ2n) is 9.65. The van der Waals surface area contributed by atoms with Crippen LogP contribution in [0.25, 0.3) is 0 Å². The molecule has 1 heterocycles. The third-order valence-electron chi connectivity index (χ3n) is 8.84. The van der Waals surface area contributed by atoms with Crippen LogP contribution in [0.5, 0.6) is 0 Å². The van der Waals surface area contributed by atoms with E-state index < -0.39 is 16.8 Å². The van der Waals surface area contributed by atoms with Crippen molar-refractivity contribution in [2.45, 2.75) is 51.9 Å². The van der Waals surface area contributed by atoms with Gasteiger partial charge in [-0.15, -0.1) is 0 Å². The molecule has 1 aliphatic heterocycles. The lowest BCUT2D eigenvalue weighted by atomic mass is 9.35. The Labute approximate surface area is 158 Å². The summed E-state index contributed by atoms with van der Waals surface area (Å²) in [7, 11) is 0. The highest BCUT2D eigenvalue weighted by Crippen LogP contribution is 2.72. The molecule has 7 atom stereocenters. The highest BCUT2D eigenvalue weighted by molar-refractivity contribution is 7.75. The van der Waals surface area contributed by atoms with E-state index in [0.717, 1.165) is 49.7 Å². The minimum atomic E-state index is -1.69. The predicted molar refractivity (Wildman–Crippen MR) is 99.1 cm³/mol. The van der Waals surface area contributed by atoms with Gasteiger partial charge in [0.15, 0.2) is 0 Å². The van der Waals surface area contributed by atoms with Gasteiger partial charge >= 0.3 is 11.4 Å². The summed E-state index contributed by atoms with van der Waals surface area (Å²) in [4.78, 5) is 13.6. The Morgan fingerprint density at radius 1 is 1.12 bits per heavy atom. The SMILES string of the molecule is C=C1C(=C)C23CCC1CC2C12CCCC(C)(COS(=O)OC1)C2CC3=O. The van der Waals surface area contributed by atoms with Crippen molar-refractivity contribution >= 4 is 17.1 Å². The van der Waals surface area contributed by atoms with Gasteiger partial charge in [0.05, 0.1) is 18.6 Å². The van der Waals surface area contributed by atoms with Gasteiger partial charge in [0, 0.05) is 11.8 Å². The van der Waals surface area contributed by atoms with Gasteiger partial charge in [-0.05, 0) is 66.4 Å². The lowest BCUT2D eigenvalue weighted by Gasteiger charge is -2.68. The number of hydrogen-bond acceptors (Lipinski definition) is 4. The fourth-order valence-corrected chi connectivity index (χ4v) is 8.29. The number of carbonyl (C=O) groups excluding carboxylic acids is 1. The van der Waals surface area contributed by atoms with Crippen LogP contribution in [0.4, 0.5) is 0 Å². The molecule has 7 unspecified atom stereocenters. The summed E-state index contributed by atoms with van der Waals surface area (Å²) >= 11 is -1.69. The van der Waals surface area contributed by atoms with Gasteiger partial charge in [0.1, 0.15) is 5.78 Å². The normalized spacial score (nSPS) is 53.5. The maximum Gasteiger partial charge on any atom is 0.304 e. The van der Waals surface area contributed by atoms with Crippen LogP contribution in [0.15, 0.2) is 24.3 Å². The van der Waals surface area contributed by atoms with Crippen molar-refractivity contribution in [1.82, 2.24) is 0 Å². The van der Waals surface area contributed by atoms with Crippen molar-refractivity contribution in [3.05, 3.63) is 24.3 Å². The van der Waals surface area contributed by atoms with Crippen molar-refractivity contribution in [1.29, 1.82) is 0 Å². The molecule has 4 bridgehead atoms. The van der Waals surface area contributed by atoms with Crippen LogP contribution in [0, 0.1) is 34.0 Å². The van der Waals surface area contributed by atoms with Gasteiger partial charge in [0.25, 0.3) is 0 Å². The quantitative estimate of drug-likeness (QED) is 0.643. The zero-order valence-electron chi connectivity index (χ0n) is 15.6. The van der Waals surface area contributed by atoms with Crippen LogP contribution >= 0.6 is 0 Å². The van der Waals surface area contributed by atoms with E-state index in [2.05, 4.69) is 20.1 Å². The maximum atomic E-state index is 13.6. The molecule has 5 heteroatoms. The number of ketones is 1. The lowest BCUT2D eigenvalue weighted by Crippen LogP contribution is -2.67. The molecule has 6 fully saturated rings. The number of fused-ring (bicyclic) bond motifs is 2. The highest BCUT2D eigenvalue weighted by Gasteiger charge is 2.70. The first-order chi connectivity index (χ1) is 12.3. The molecule has 4 nitrogen and oxygen atoms in total. The number of hydrogen-bond donors (Lipinski definition) is 0. The Bertz CT molecular complexity index is 744. The van der Waals surface area contributed by atoms with E-state index in [1.54, 1.807) is 0 Å². The van der Waals surface area contributed by atoms with Crippen LogP contribution in [0.1, 0.15) is 51.9 Å². The van der Waals surface area contributed by atoms with Crippen molar-refractivity contribution in [2.75, 3.05) is 13.2 Å². The highest BCUT2D eigenvalue weighted by atomic mass is 32.2. The van der Waals surface area contributed by atoms with Crippen LogP contribution in [0.2, 0.25) is 0 Å². The number of carbonyl (C=O) groups is 1. The van der Waals surface area contributed by atoms with Crippen LogP contribution in [-0.4, -0.2) is 23.2 Å². The summed E-state index contributed by atoms with van der Waals surface area (Å²) in [5.74, 6) is 1.29. The zero-order valence-corrected chi connectivity index (χ0v) is 16.4. The molecule has 5 aliphatic carbocycles. The molecule has 5 saturated carbocycles. The minimum absolute atomic E-state index is 0.0946. The van der Waals surface area contributed by atoms with Crippen molar-refractivity contribution < 1.29 is 17.4 Å². The number of allylic oxidation sites excluding steroid dienone is 2. The summed E-state index contributed by atoms with van der Waals surface area (Å²) in [5, 5.41) is 0. The lowest BCUT2D eigenvalue weighted by molar-refractivity contribution is -0.193. The van der Waals surface area contributed by atoms with Gasteiger partial charge in [-0.1, -0.05) is 26.5 Å². The zero-order chi connectivity index (χ0) is 18.3. The van der Waals surface area contributed by atoms with Crippen molar-refractivity contribution in [3.63, 3.8) is 0 Å². The van der Waals surface area contributed by atoms with Gasteiger partial charge < -0.3 is 0 Å². The summed E-state index contributed by atoms with van der Waals surface area (Å²) in [6.45, 7) is 11.7. The molecule has 142 valence electrons. The predicted octanol–water partition coefficient (Wildman–Crippen LogP) is 3.91. The standard InChI is InChI=1S/C21H28O4S/c1-13-14(2)21-8-5-15(13)9-17(21)20-7-4-6-19(3,16(20)10-18(21)22)11-24-26(23)25-12-20/h15-17H,1-2,4-12H2,3H3. The van der Waals surface area contributed by atoms with Gasteiger partial charge in [-0.3, -0.25) is 13.2 Å². The van der Waals surface area contributed by atoms with Crippen LogP contribution in [-0.2, 0) is 24.5 Å². The molecular weight excluding hydrogens is 348 g/mol. The fraction of sp³-hybridized carbons (Fsp3) is 0.762. The van der Waals surface area contributed by atoms with Crippen molar-refractivity contribution in [3.8, 4) is 0 Å². The van der Waals surface area contributed by atoms with Crippen molar-refractivity contribution in [2.24, 2.45) is 34.0 Å². The summed E-state index contributed by atoms with van der Waals surface area (Å²) in [6.07, 6.45) is 6.73. The van der Waals surface area contributed by atoms with Crippen LogP contribution in [0.3, 0.4) is 0 Å². The van der Waals surface area contributed by atoms with E-state index in [4.69, 9.17) is 8.37 Å². The van der Waals surface area contributed by atoms with Gasteiger partial charge in [-0.25, -0.2) is 0 Å². The molecule has 6 aliphatic rings. The third kappa shape index (κ3) is 1.92.